The van der Waals surface area contributed by atoms with Crippen LogP contribution in [0.2, 0.25) is 0 Å². The molecule has 0 fully saturated rings. The van der Waals surface area contributed by atoms with Gasteiger partial charge in [0.05, 0.1) is 21.7 Å². The Labute approximate surface area is 182 Å². The van der Waals surface area contributed by atoms with Gasteiger partial charge in [-0.3, -0.25) is 13.9 Å². The fourth-order valence-electron chi connectivity index (χ4n) is 3.85. The number of nitrogens with two attached hydrogens (primary N) is 2. The van der Waals surface area contributed by atoms with Gasteiger partial charge in [-0.05, 0) is 30.7 Å². The van der Waals surface area contributed by atoms with Gasteiger partial charge in [0.2, 0.25) is 0 Å². The molecule has 164 valence electrons. The highest BCUT2D eigenvalue weighted by Gasteiger charge is 2.27. The van der Waals surface area contributed by atoms with E-state index in [1.807, 2.05) is 35.2 Å². The molecule has 7 N–H and O–H groups in total. The number of benzene rings is 2. The van der Waals surface area contributed by atoms with Crippen LogP contribution in [-0.4, -0.2) is 45.4 Å². The first-order chi connectivity index (χ1) is 14.9. The molecule has 2 heterocycles. The van der Waals surface area contributed by atoms with E-state index in [2.05, 4.69) is 5.32 Å². The van der Waals surface area contributed by atoms with Crippen molar-refractivity contribution >= 4 is 38.9 Å². The molecule has 9 heteroatoms. The second-order valence-corrected chi connectivity index (χ2v) is 9.74. The maximum absolute atomic E-state index is 12.0. The van der Waals surface area contributed by atoms with Gasteiger partial charge in [0.25, 0.3) is 5.91 Å². The minimum Gasteiger partial charge on any atom is -0.384 e. The molecule has 0 saturated carbocycles. The normalized spacial score (nSPS) is 16.4. The topological polar surface area (TPSA) is 138 Å². The third-order valence-electron chi connectivity index (χ3n) is 5.44. The van der Waals surface area contributed by atoms with Crippen LogP contribution in [0.1, 0.15) is 22.3 Å². The van der Waals surface area contributed by atoms with Crippen molar-refractivity contribution in [2.24, 2.45) is 11.5 Å². The molecule has 31 heavy (non-hydrogen) atoms. The molecule has 0 unspecified atom stereocenters. The molecule has 1 aromatic heterocycles. The number of carbonyl (C=O) groups is 1. The minimum atomic E-state index is -2.88. The van der Waals surface area contributed by atoms with E-state index in [4.69, 9.17) is 16.5 Å². The Morgan fingerprint density at radius 1 is 1.19 bits per heavy atom. The van der Waals surface area contributed by atoms with E-state index in [-0.39, 0.29) is 5.75 Å². The van der Waals surface area contributed by atoms with Crippen LogP contribution in [0, 0.1) is 0 Å². The van der Waals surface area contributed by atoms with Crippen LogP contribution in [0.25, 0.3) is 10.9 Å². The Morgan fingerprint density at radius 3 is 2.77 bits per heavy atom. The lowest BCUT2D eigenvalue weighted by molar-refractivity contribution is 0.100. The van der Waals surface area contributed by atoms with Gasteiger partial charge in [0.1, 0.15) is 5.82 Å². The maximum Gasteiger partial charge on any atom is 0.250 e. The van der Waals surface area contributed by atoms with E-state index in [0.717, 1.165) is 23.1 Å². The second kappa shape index (κ2) is 8.72. The van der Waals surface area contributed by atoms with E-state index in [1.54, 1.807) is 18.2 Å². The van der Waals surface area contributed by atoms with Crippen LogP contribution in [0.5, 0.6) is 0 Å². The Bertz CT molecular complexity index is 1120. The van der Waals surface area contributed by atoms with E-state index in [9.17, 15) is 13.9 Å². The molecule has 8 nitrogen and oxygen atoms in total. The summed E-state index contributed by atoms with van der Waals surface area (Å²) in [6, 6.07) is 14.7. The standard InChI is InChI=1S/C22H27N5O3S/c23-9-4-10-25-18-13-20(26-21-16(18)6-3-7-17(21)22(24)28)27-11-12-31(29,30)19-8-2-1-5-15(19)14-27/h1-3,5-8,13,29-30H,4,9-12,14,23H2,(H2,24,28)(H,25,26). The molecule has 0 bridgehead atoms. The van der Waals surface area contributed by atoms with E-state index < -0.39 is 16.5 Å². The summed E-state index contributed by atoms with van der Waals surface area (Å²) in [6.45, 7) is 2.14. The number of fused-ring (bicyclic) bond motifs is 2. The van der Waals surface area contributed by atoms with Crippen molar-refractivity contribution in [2.45, 2.75) is 17.9 Å². The van der Waals surface area contributed by atoms with Crippen LogP contribution >= 0.6 is 10.6 Å². The lowest BCUT2D eigenvalue weighted by atomic mass is 10.1. The van der Waals surface area contributed by atoms with E-state index in [0.29, 0.717) is 48.0 Å². The maximum atomic E-state index is 12.0. The largest absolute Gasteiger partial charge is 0.384 e. The zero-order valence-electron chi connectivity index (χ0n) is 17.1. The number of hydrogen-bond donors (Lipinski definition) is 5. The van der Waals surface area contributed by atoms with Crippen molar-refractivity contribution in [3.8, 4) is 0 Å². The molecule has 0 saturated heterocycles. The number of amides is 1. The highest BCUT2D eigenvalue weighted by molar-refractivity contribution is 8.24. The summed E-state index contributed by atoms with van der Waals surface area (Å²) in [4.78, 5) is 19.4. The van der Waals surface area contributed by atoms with Crippen LogP contribution in [0.15, 0.2) is 53.4 Å². The van der Waals surface area contributed by atoms with E-state index in [1.165, 1.54) is 0 Å². The molecule has 2 aromatic carbocycles. The van der Waals surface area contributed by atoms with Gasteiger partial charge >= 0.3 is 0 Å². The fourth-order valence-corrected chi connectivity index (χ4v) is 5.39. The average molecular weight is 442 g/mol. The predicted octanol–water partition coefficient (Wildman–Crippen LogP) is 3.22. The SMILES string of the molecule is NCCCNc1cc(N2CCS(O)(O)c3ccccc3C2)nc2c(C(N)=O)cccc12. The lowest BCUT2D eigenvalue weighted by Crippen LogP contribution is -2.26. The Kier molecular flexibility index (Phi) is 6.01. The summed E-state index contributed by atoms with van der Waals surface area (Å²) in [7, 11) is -2.88. The zero-order chi connectivity index (χ0) is 22.0. The summed E-state index contributed by atoms with van der Waals surface area (Å²) in [5.74, 6) is 0.304. The van der Waals surface area contributed by atoms with Crippen LogP contribution < -0.4 is 21.7 Å². The van der Waals surface area contributed by atoms with Gasteiger partial charge in [0, 0.05) is 36.8 Å². The number of primary amides is 1. The molecular weight excluding hydrogens is 414 g/mol. The number of nitrogens with zero attached hydrogens (tertiary/aromatic N) is 2. The second-order valence-electron chi connectivity index (χ2n) is 7.56. The summed E-state index contributed by atoms with van der Waals surface area (Å²) in [6.07, 6.45) is 0.798. The van der Waals surface area contributed by atoms with Crippen LogP contribution in [0.4, 0.5) is 11.5 Å². The quantitative estimate of drug-likeness (QED) is 0.370. The number of aromatic nitrogens is 1. The Balaban J connectivity index is 1.81. The van der Waals surface area contributed by atoms with Gasteiger partial charge in [-0.1, -0.05) is 30.3 Å². The number of rotatable bonds is 6. The van der Waals surface area contributed by atoms with Crippen molar-refractivity contribution in [2.75, 3.05) is 35.6 Å². The fraction of sp³-hybridized carbons (Fsp3) is 0.273. The van der Waals surface area contributed by atoms with E-state index >= 15 is 0 Å². The number of nitrogens with one attached hydrogen (secondary N) is 1. The smallest absolute Gasteiger partial charge is 0.250 e. The molecule has 3 aromatic rings. The molecule has 4 rings (SSSR count). The first-order valence-electron chi connectivity index (χ1n) is 10.2. The zero-order valence-corrected chi connectivity index (χ0v) is 17.9. The van der Waals surface area contributed by atoms with Crippen molar-refractivity contribution in [3.05, 3.63) is 59.7 Å². The van der Waals surface area contributed by atoms with Gasteiger partial charge in [-0.25, -0.2) is 4.98 Å². The van der Waals surface area contributed by atoms with Crippen molar-refractivity contribution < 1.29 is 13.9 Å². The number of hydrogen-bond acceptors (Lipinski definition) is 7. The summed E-state index contributed by atoms with van der Waals surface area (Å²) >= 11 is 0. The van der Waals surface area contributed by atoms with Crippen molar-refractivity contribution in [3.63, 3.8) is 0 Å². The lowest BCUT2D eigenvalue weighted by Gasteiger charge is -2.32. The molecule has 1 aliphatic rings. The number of pyridine rings is 1. The molecular formula is C22H27N5O3S. The Hall–Kier alpha value is -2.85. The molecule has 0 atom stereocenters. The first kappa shape index (κ1) is 21.4. The summed E-state index contributed by atoms with van der Waals surface area (Å²) in [5, 5.41) is 4.20. The summed E-state index contributed by atoms with van der Waals surface area (Å²) in [5.41, 5.74) is 13.8. The monoisotopic (exact) mass is 441 g/mol. The summed E-state index contributed by atoms with van der Waals surface area (Å²) < 4.78 is 21.3. The third-order valence-corrected chi connectivity index (χ3v) is 7.30. The minimum absolute atomic E-state index is 0.205. The number of anilines is 2. The van der Waals surface area contributed by atoms with Crippen LogP contribution in [0.3, 0.4) is 0 Å². The highest BCUT2D eigenvalue weighted by atomic mass is 32.3. The van der Waals surface area contributed by atoms with Gasteiger partial charge in [-0.2, -0.15) is 10.6 Å². The van der Waals surface area contributed by atoms with Gasteiger partial charge in [0.15, 0.2) is 0 Å². The van der Waals surface area contributed by atoms with Gasteiger partial charge < -0.3 is 21.7 Å². The van der Waals surface area contributed by atoms with Crippen molar-refractivity contribution in [1.29, 1.82) is 0 Å². The molecule has 1 aliphatic heterocycles. The average Bonchev–Trinajstić information content (AvgIpc) is 2.89. The van der Waals surface area contributed by atoms with Crippen LogP contribution in [-0.2, 0) is 6.54 Å². The van der Waals surface area contributed by atoms with Gasteiger partial charge in [-0.15, -0.1) is 0 Å². The molecule has 0 radical (unpaired) electrons. The molecule has 0 spiro atoms. The molecule has 0 aliphatic carbocycles. The first-order valence-corrected chi connectivity index (χ1v) is 11.9. The number of para-hydroxylation sites is 1. The Morgan fingerprint density at radius 2 is 2.00 bits per heavy atom. The third kappa shape index (κ3) is 4.31. The highest BCUT2D eigenvalue weighted by Crippen LogP contribution is 2.51. The predicted molar refractivity (Wildman–Crippen MR) is 126 cm³/mol. The number of carbonyl (C=O) groups excluding carboxylic acids is 1. The van der Waals surface area contributed by atoms with Crippen molar-refractivity contribution in [1.82, 2.24) is 4.98 Å². The molecule has 1 amide bonds.